The van der Waals surface area contributed by atoms with E-state index in [2.05, 4.69) is 137 Å². The van der Waals surface area contributed by atoms with Gasteiger partial charge in [0, 0.05) is 5.54 Å². The molecule has 4 nitrogen and oxygen atoms in total. The molecule has 0 saturated carbocycles. The van der Waals surface area contributed by atoms with Gasteiger partial charge in [-0.2, -0.15) is 0 Å². The fourth-order valence-electron chi connectivity index (χ4n) is 6.61. The molecule has 0 spiro atoms. The zero-order valence-corrected chi connectivity index (χ0v) is 23.9. The number of hydrogen-bond donors (Lipinski definition) is 0. The third kappa shape index (κ3) is 3.88. The van der Waals surface area contributed by atoms with Crippen molar-refractivity contribution in [3.63, 3.8) is 0 Å². The monoisotopic (exact) mass is 474 g/mol. The van der Waals surface area contributed by atoms with E-state index in [0.717, 1.165) is 5.52 Å². The molecule has 1 unspecified atom stereocenters. The maximum Gasteiger partial charge on any atom is 0.338 e. The number of aromatic nitrogens is 2. The molecule has 1 saturated heterocycles. The lowest BCUT2D eigenvalue weighted by atomic mass is 9.43. The van der Waals surface area contributed by atoms with Crippen LogP contribution in [0.2, 0.25) is 13.1 Å². The Balaban J connectivity index is 1.98. The maximum absolute atomic E-state index is 5.37. The summed E-state index contributed by atoms with van der Waals surface area (Å²) in [6.07, 6.45) is 0. The van der Waals surface area contributed by atoms with E-state index >= 15 is 0 Å². The third-order valence-electron chi connectivity index (χ3n) is 7.94. The van der Waals surface area contributed by atoms with E-state index in [1.807, 2.05) is 0 Å². The van der Waals surface area contributed by atoms with Crippen molar-refractivity contribution >= 4 is 36.7 Å². The van der Waals surface area contributed by atoms with Crippen LogP contribution in [0.3, 0.4) is 0 Å². The number of para-hydroxylation sites is 2. The molecule has 0 aliphatic carbocycles. The Morgan fingerprint density at radius 2 is 1.44 bits per heavy atom. The topological polar surface area (TPSA) is 24.3 Å². The minimum absolute atomic E-state index is 0.0141. The Labute approximate surface area is 208 Å². The first-order chi connectivity index (χ1) is 15.9. The molecule has 6 heteroatoms. The summed E-state index contributed by atoms with van der Waals surface area (Å²) in [7, 11) is -2.04. The predicted molar refractivity (Wildman–Crippen MR) is 151 cm³/mol. The van der Waals surface area contributed by atoms with Crippen LogP contribution < -0.4 is 10.6 Å². The Kier molecular flexibility index (Phi) is 6.64. The minimum Gasteiger partial charge on any atom is -0.331 e. The summed E-state index contributed by atoms with van der Waals surface area (Å²) in [4.78, 5) is 10.8. The number of nitrogens with zero attached hydrogens (tertiary/aromatic N) is 4. The molecule has 0 amide bonds. The summed E-state index contributed by atoms with van der Waals surface area (Å²) >= 11 is 0. The van der Waals surface area contributed by atoms with Crippen molar-refractivity contribution in [2.45, 2.75) is 98.1 Å². The Hall–Kier alpha value is -1.89. The van der Waals surface area contributed by atoms with Crippen LogP contribution in [-0.2, 0) is 0 Å². The van der Waals surface area contributed by atoms with Gasteiger partial charge in [-0.1, -0.05) is 102 Å². The van der Waals surface area contributed by atoms with Gasteiger partial charge in [-0.25, -0.2) is 4.98 Å². The van der Waals surface area contributed by atoms with Gasteiger partial charge < -0.3 is 14.2 Å². The number of benzene rings is 2. The molecule has 0 radical (unpaired) electrons. The summed E-state index contributed by atoms with van der Waals surface area (Å²) in [6.45, 7) is 24.2. The first-order valence-corrected chi connectivity index (χ1v) is 16.0. The highest BCUT2D eigenvalue weighted by Crippen LogP contribution is 2.47. The second-order valence-corrected chi connectivity index (χ2v) is 16.2. The van der Waals surface area contributed by atoms with Crippen LogP contribution >= 0.6 is 0 Å². The van der Waals surface area contributed by atoms with Crippen LogP contribution in [0.15, 0.2) is 54.6 Å². The average molecular weight is 475 g/mol. The van der Waals surface area contributed by atoms with E-state index in [0.29, 0.717) is 31.0 Å². The second kappa shape index (κ2) is 8.96. The third-order valence-corrected chi connectivity index (χ3v) is 11.2. The highest BCUT2D eigenvalue weighted by Gasteiger charge is 2.63. The molecule has 1 aromatic heterocycles. The van der Waals surface area contributed by atoms with Crippen LogP contribution in [-0.4, -0.2) is 57.9 Å². The van der Waals surface area contributed by atoms with Crippen LogP contribution in [0.5, 0.6) is 0 Å². The van der Waals surface area contributed by atoms with Gasteiger partial charge in [0.25, 0.3) is 0 Å². The molecule has 2 aromatic carbocycles. The first kappa shape index (κ1) is 25.2. The maximum atomic E-state index is 5.37. The fourth-order valence-corrected chi connectivity index (χ4v) is 9.16. The second-order valence-electron chi connectivity index (χ2n) is 11.9. The van der Waals surface area contributed by atoms with E-state index in [9.17, 15) is 0 Å². The lowest BCUT2D eigenvalue weighted by Crippen LogP contribution is -2.82. The van der Waals surface area contributed by atoms with Gasteiger partial charge in [0.05, 0.1) is 22.4 Å². The van der Waals surface area contributed by atoms with E-state index in [1.54, 1.807) is 0 Å². The molecule has 1 fully saturated rings. The summed E-state index contributed by atoms with van der Waals surface area (Å²) < 4.78 is 2.66. The Morgan fingerprint density at radius 3 is 2.00 bits per heavy atom. The van der Waals surface area contributed by atoms with E-state index in [1.165, 1.54) is 16.2 Å². The number of hydrogen-bond acceptors (Lipinski definition) is 3. The van der Waals surface area contributed by atoms with Gasteiger partial charge in [-0.15, -0.1) is 0 Å². The molecular formula is C28H43BN4Si. The first-order valence-electron chi connectivity index (χ1n) is 13.0. The molecule has 2 heterocycles. The molecule has 3 aromatic rings. The van der Waals surface area contributed by atoms with Gasteiger partial charge in [0.1, 0.15) is 0 Å². The Morgan fingerprint density at radius 1 is 0.882 bits per heavy atom. The predicted octanol–water partition coefficient (Wildman–Crippen LogP) is 5.05. The van der Waals surface area contributed by atoms with Crippen molar-refractivity contribution < 1.29 is 0 Å². The van der Waals surface area contributed by atoms with Crippen molar-refractivity contribution in [3.05, 3.63) is 54.6 Å². The summed E-state index contributed by atoms with van der Waals surface area (Å²) in [6, 6.07) is 21.2. The average Bonchev–Trinajstić information content (AvgIpc) is 3.13. The standard InChI is InChI=1S/C28H43BN4Si/c1-20(2)32(21(3)4)29-26(28(7,8)33(29)22(5)6)31-25-19-15-14-18-24(25)30-27(31)34(9,10)23-16-12-11-13-17-23/h11-22,26H,1-10H3. The van der Waals surface area contributed by atoms with Crippen molar-refractivity contribution in [2.75, 3.05) is 0 Å². The molecule has 34 heavy (non-hydrogen) atoms. The molecule has 1 aliphatic rings. The van der Waals surface area contributed by atoms with Gasteiger partial charge in [0.15, 0.2) is 8.07 Å². The minimum atomic E-state index is -2.04. The number of rotatable bonds is 7. The normalized spacial score (nSPS) is 19.1. The van der Waals surface area contributed by atoms with Gasteiger partial charge in [-0.3, -0.25) is 0 Å². The Bertz CT molecular complexity index is 1110. The summed E-state index contributed by atoms with van der Waals surface area (Å²) in [5.41, 5.74) is 3.69. The van der Waals surface area contributed by atoms with Crippen molar-refractivity contribution in [2.24, 2.45) is 0 Å². The zero-order chi connectivity index (χ0) is 25.0. The quantitative estimate of drug-likeness (QED) is 0.448. The summed E-state index contributed by atoms with van der Waals surface area (Å²) in [5.74, 6) is 0.317. The van der Waals surface area contributed by atoms with Gasteiger partial charge >= 0.3 is 6.98 Å². The fraction of sp³-hybridized carbons (Fsp3) is 0.536. The van der Waals surface area contributed by atoms with E-state index in [-0.39, 0.29) is 5.54 Å². The number of fused-ring (bicyclic) bond motifs is 1. The van der Waals surface area contributed by atoms with Crippen molar-refractivity contribution in [1.29, 1.82) is 0 Å². The molecule has 4 rings (SSSR count). The summed E-state index contributed by atoms with van der Waals surface area (Å²) in [5, 5.41) is 1.44. The van der Waals surface area contributed by atoms with Gasteiger partial charge in [0.2, 0.25) is 0 Å². The lowest BCUT2D eigenvalue weighted by Gasteiger charge is -2.65. The van der Waals surface area contributed by atoms with Crippen molar-refractivity contribution in [3.8, 4) is 0 Å². The highest BCUT2D eigenvalue weighted by molar-refractivity contribution is 6.99. The molecular weight excluding hydrogens is 431 g/mol. The van der Waals surface area contributed by atoms with E-state index < -0.39 is 8.07 Å². The van der Waals surface area contributed by atoms with Crippen LogP contribution in [0.25, 0.3) is 11.0 Å². The molecule has 182 valence electrons. The van der Waals surface area contributed by atoms with Crippen LogP contribution in [0.4, 0.5) is 0 Å². The van der Waals surface area contributed by atoms with E-state index in [4.69, 9.17) is 4.98 Å². The molecule has 0 bridgehead atoms. The number of imidazole rings is 1. The van der Waals surface area contributed by atoms with Crippen LogP contribution in [0.1, 0.15) is 61.3 Å². The molecule has 1 atom stereocenters. The van der Waals surface area contributed by atoms with Crippen molar-refractivity contribution in [1.82, 2.24) is 19.2 Å². The largest absolute Gasteiger partial charge is 0.338 e. The lowest BCUT2D eigenvalue weighted by molar-refractivity contribution is 0.0507. The zero-order valence-electron chi connectivity index (χ0n) is 22.9. The van der Waals surface area contributed by atoms with Crippen LogP contribution in [0, 0.1) is 0 Å². The molecule has 1 aliphatic heterocycles. The highest BCUT2D eigenvalue weighted by atomic mass is 28.3. The molecule has 0 N–H and O–H groups in total. The smallest absolute Gasteiger partial charge is 0.331 e. The SMILES string of the molecule is CC(C)N(B1C(n2c([Si](C)(C)c3ccccc3)nc3ccccc32)C(C)(C)N1C(C)C)C(C)C. The van der Waals surface area contributed by atoms with Gasteiger partial charge in [-0.05, 0) is 44.1 Å².